The van der Waals surface area contributed by atoms with Crippen molar-refractivity contribution in [3.8, 4) is 0 Å². The normalized spacial score (nSPS) is 13.5. The molecule has 0 unspecified atom stereocenters. The zero-order valence-electron chi connectivity index (χ0n) is 19.6. The maximum absolute atomic E-state index is 14.5. The number of benzene rings is 2. The third kappa shape index (κ3) is 5.44. The van der Waals surface area contributed by atoms with E-state index in [2.05, 4.69) is 20.2 Å². The molecule has 4 rings (SSSR count). The minimum atomic E-state index is -0.882. The van der Waals surface area contributed by atoms with Crippen molar-refractivity contribution in [1.82, 2.24) is 14.9 Å². The van der Waals surface area contributed by atoms with Crippen molar-refractivity contribution in [2.45, 2.75) is 0 Å². The summed E-state index contributed by atoms with van der Waals surface area (Å²) in [4.78, 5) is 26.5. The van der Waals surface area contributed by atoms with Crippen LogP contribution in [0.5, 0.6) is 0 Å². The number of carbonyl (C=O) groups excluding carboxylic acids is 1. The van der Waals surface area contributed by atoms with Crippen molar-refractivity contribution in [3.63, 3.8) is 0 Å². The number of nitrogens with one attached hydrogen (secondary N) is 1. The molecule has 11 heteroatoms. The number of anilines is 5. The van der Waals surface area contributed by atoms with Gasteiger partial charge in [0.25, 0.3) is 5.91 Å². The molecular formula is C24H25ClF2N6O2. The van der Waals surface area contributed by atoms with Gasteiger partial charge in [-0.25, -0.2) is 13.8 Å². The molecule has 184 valence electrons. The average Bonchev–Trinajstić information content (AvgIpc) is 2.87. The van der Waals surface area contributed by atoms with Gasteiger partial charge in [0.1, 0.15) is 16.7 Å². The molecule has 1 aromatic heterocycles. The van der Waals surface area contributed by atoms with Crippen LogP contribution in [0, 0.1) is 11.6 Å². The third-order valence-electron chi connectivity index (χ3n) is 5.56. The van der Waals surface area contributed by atoms with Crippen molar-refractivity contribution in [2.75, 3.05) is 62.6 Å². The molecule has 0 aliphatic carbocycles. The Balaban J connectivity index is 1.65. The fourth-order valence-electron chi connectivity index (χ4n) is 3.69. The van der Waals surface area contributed by atoms with E-state index in [0.29, 0.717) is 43.4 Å². The topological polar surface area (TPSA) is 73.8 Å². The Hall–Kier alpha value is -3.50. The predicted octanol–water partition coefficient (Wildman–Crippen LogP) is 4.46. The van der Waals surface area contributed by atoms with Crippen molar-refractivity contribution in [2.24, 2.45) is 0 Å². The van der Waals surface area contributed by atoms with Gasteiger partial charge < -0.3 is 24.8 Å². The molecule has 0 saturated carbocycles. The summed E-state index contributed by atoms with van der Waals surface area (Å²) < 4.78 is 33.5. The highest BCUT2D eigenvalue weighted by Crippen LogP contribution is 2.32. The van der Waals surface area contributed by atoms with E-state index >= 15 is 0 Å². The molecule has 1 saturated heterocycles. The van der Waals surface area contributed by atoms with Crippen LogP contribution in [0.3, 0.4) is 0 Å². The van der Waals surface area contributed by atoms with Crippen LogP contribution in [-0.2, 0) is 4.74 Å². The molecule has 0 atom stereocenters. The highest BCUT2D eigenvalue weighted by Gasteiger charge is 2.19. The van der Waals surface area contributed by atoms with Gasteiger partial charge >= 0.3 is 0 Å². The van der Waals surface area contributed by atoms with Gasteiger partial charge in [0.15, 0.2) is 5.82 Å². The second kappa shape index (κ2) is 10.4. The van der Waals surface area contributed by atoms with E-state index < -0.39 is 16.7 Å². The Morgan fingerprint density at radius 1 is 1.11 bits per heavy atom. The molecule has 3 aromatic rings. The fraction of sp³-hybridized carbons (Fsp3) is 0.292. The molecule has 1 fully saturated rings. The number of nitrogens with zero attached hydrogens (tertiary/aromatic N) is 5. The Labute approximate surface area is 207 Å². The summed E-state index contributed by atoms with van der Waals surface area (Å²) in [5.74, 6) is -1.26. The molecule has 0 radical (unpaired) electrons. The summed E-state index contributed by atoms with van der Waals surface area (Å²) in [6.07, 6.45) is 1.52. The minimum absolute atomic E-state index is 0.0641. The van der Waals surface area contributed by atoms with Crippen LogP contribution in [0.15, 0.2) is 42.6 Å². The first kappa shape index (κ1) is 24.6. The van der Waals surface area contributed by atoms with Crippen LogP contribution in [0.25, 0.3) is 0 Å². The first-order chi connectivity index (χ1) is 16.7. The van der Waals surface area contributed by atoms with Crippen molar-refractivity contribution in [1.29, 1.82) is 0 Å². The van der Waals surface area contributed by atoms with Crippen LogP contribution in [0.4, 0.5) is 37.6 Å². The van der Waals surface area contributed by atoms with Gasteiger partial charge in [-0.05, 0) is 36.4 Å². The van der Waals surface area contributed by atoms with E-state index in [-0.39, 0.29) is 17.5 Å². The van der Waals surface area contributed by atoms with Gasteiger partial charge in [-0.15, -0.1) is 0 Å². The molecule has 0 bridgehead atoms. The second-order valence-electron chi connectivity index (χ2n) is 8.18. The first-order valence-corrected chi connectivity index (χ1v) is 11.3. The van der Waals surface area contributed by atoms with E-state index in [0.717, 1.165) is 11.8 Å². The van der Waals surface area contributed by atoms with Gasteiger partial charge in [0.05, 0.1) is 18.9 Å². The summed E-state index contributed by atoms with van der Waals surface area (Å²) in [5.41, 5.74) is 2.07. The Bertz CT molecular complexity index is 1240. The van der Waals surface area contributed by atoms with E-state index in [4.69, 9.17) is 16.3 Å². The zero-order chi connectivity index (χ0) is 25.1. The number of aromatic nitrogens is 2. The lowest BCUT2D eigenvalue weighted by Crippen LogP contribution is -2.36. The third-order valence-corrected chi connectivity index (χ3v) is 5.91. The number of carbonyl (C=O) groups is 1. The molecule has 2 heterocycles. The molecule has 35 heavy (non-hydrogen) atoms. The van der Waals surface area contributed by atoms with Gasteiger partial charge in [0, 0.05) is 57.4 Å². The largest absolute Gasteiger partial charge is 0.378 e. The molecular weight excluding hydrogens is 478 g/mol. The quantitative estimate of drug-likeness (QED) is 0.499. The lowest BCUT2D eigenvalue weighted by Gasteiger charge is -2.29. The molecule has 8 nitrogen and oxygen atoms in total. The molecule has 1 N–H and O–H groups in total. The van der Waals surface area contributed by atoms with Gasteiger partial charge in [-0.1, -0.05) is 11.6 Å². The number of hydrogen-bond donors (Lipinski definition) is 1. The first-order valence-electron chi connectivity index (χ1n) is 10.9. The predicted molar refractivity (Wildman–Crippen MR) is 132 cm³/mol. The number of amides is 1. The highest BCUT2D eigenvalue weighted by molar-refractivity contribution is 6.31. The van der Waals surface area contributed by atoms with Crippen LogP contribution in [0.2, 0.25) is 5.02 Å². The fourth-order valence-corrected chi connectivity index (χ4v) is 3.85. The number of rotatable bonds is 6. The number of halogens is 3. The van der Waals surface area contributed by atoms with E-state index in [9.17, 15) is 13.6 Å². The van der Waals surface area contributed by atoms with Gasteiger partial charge in [-0.3, -0.25) is 4.79 Å². The summed E-state index contributed by atoms with van der Waals surface area (Å²) in [5, 5.41) is 2.56. The Kier molecular flexibility index (Phi) is 7.32. The van der Waals surface area contributed by atoms with Crippen LogP contribution < -0.4 is 15.1 Å². The van der Waals surface area contributed by atoms with Crippen LogP contribution in [-0.4, -0.2) is 68.2 Å². The van der Waals surface area contributed by atoms with Crippen molar-refractivity contribution < 1.29 is 18.3 Å². The second-order valence-corrected chi connectivity index (χ2v) is 8.56. The molecule has 1 amide bonds. The number of ether oxygens (including phenoxy) is 1. The summed E-state index contributed by atoms with van der Waals surface area (Å²) in [6, 6.07) is 9.47. The average molecular weight is 503 g/mol. The number of hydrogen-bond acceptors (Lipinski definition) is 7. The smallest absolute Gasteiger partial charge is 0.253 e. The molecule has 0 spiro atoms. The molecule has 1 aliphatic heterocycles. The standard InChI is InChI=1S/C24H25ClF2N6O2/c1-31(2)23(34)15-12-16(14-17(13-15)33-8-10-35-11-9-33)29-24-28-7-6-20(30-24)32(3)19-5-4-18(26)21(25)22(19)27/h4-7,12-14H,8-11H2,1-3H3,(H,28,29,30). The van der Waals surface area contributed by atoms with Crippen LogP contribution >= 0.6 is 11.6 Å². The van der Waals surface area contributed by atoms with Gasteiger partial charge in [0.2, 0.25) is 5.95 Å². The molecule has 2 aromatic carbocycles. The lowest BCUT2D eigenvalue weighted by molar-refractivity contribution is 0.0827. The van der Waals surface area contributed by atoms with Gasteiger partial charge in [-0.2, -0.15) is 4.98 Å². The minimum Gasteiger partial charge on any atom is -0.378 e. The van der Waals surface area contributed by atoms with Crippen LogP contribution in [0.1, 0.15) is 10.4 Å². The maximum atomic E-state index is 14.5. The SMILES string of the molecule is CN(C)C(=O)c1cc(Nc2nccc(N(C)c3ccc(F)c(Cl)c3F)n2)cc(N2CCOCC2)c1. The van der Waals surface area contributed by atoms with E-state index in [1.165, 1.54) is 22.1 Å². The van der Waals surface area contributed by atoms with Crippen molar-refractivity contribution in [3.05, 3.63) is 64.8 Å². The number of morpholine rings is 1. The summed E-state index contributed by atoms with van der Waals surface area (Å²) in [7, 11) is 4.98. The monoisotopic (exact) mass is 502 g/mol. The summed E-state index contributed by atoms with van der Waals surface area (Å²) in [6.45, 7) is 2.63. The zero-order valence-corrected chi connectivity index (χ0v) is 20.3. The summed E-state index contributed by atoms with van der Waals surface area (Å²) >= 11 is 5.73. The maximum Gasteiger partial charge on any atom is 0.253 e. The van der Waals surface area contributed by atoms with Crippen molar-refractivity contribution >= 4 is 46.3 Å². The lowest BCUT2D eigenvalue weighted by atomic mass is 10.1. The highest BCUT2D eigenvalue weighted by atomic mass is 35.5. The Morgan fingerprint density at radius 3 is 2.57 bits per heavy atom. The van der Waals surface area contributed by atoms with E-state index in [1.54, 1.807) is 33.3 Å². The van der Waals surface area contributed by atoms with E-state index in [1.807, 2.05) is 12.1 Å². The Morgan fingerprint density at radius 2 is 1.86 bits per heavy atom. The molecule has 1 aliphatic rings.